The summed E-state index contributed by atoms with van der Waals surface area (Å²) in [6, 6.07) is 0. The fourth-order valence-electron chi connectivity index (χ4n) is 0.0913. The molecule has 0 rings (SSSR count). The molecule has 0 aliphatic carbocycles. The molecular formula is C3H8AcO2. The standard InChI is InChI=1S/C3H8O2.Ac/c1-5-3-2-4;/h4H,2-3H2,1H3;. The smallest absolute Gasteiger partial charge is 0.0693 e. The second-order valence-corrected chi connectivity index (χ2v) is 0.716. The monoisotopic (exact) mass is 303 g/mol. The van der Waals surface area contributed by atoms with E-state index < -0.39 is 0 Å². The van der Waals surface area contributed by atoms with Crippen LogP contribution < -0.4 is 0 Å². The van der Waals surface area contributed by atoms with Gasteiger partial charge in [0.25, 0.3) is 0 Å². The number of aliphatic hydroxyl groups excluding tert-OH is 1. The van der Waals surface area contributed by atoms with Crippen molar-refractivity contribution >= 4 is 0 Å². The van der Waals surface area contributed by atoms with Gasteiger partial charge in [-0.1, -0.05) is 0 Å². The first-order valence-electron chi connectivity index (χ1n) is 1.51. The fraction of sp³-hybridized carbons (Fsp3) is 1.00. The Morgan fingerprint density at radius 2 is 2.17 bits per heavy atom. The second kappa shape index (κ2) is 9.61. The molecule has 0 fully saturated rings. The topological polar surface area (TPSA) is 29.5 Å². The van der Waals surface area contributed by atoms with E-state index in [0.29, 0.717) is 6.61 Å². The molecule has 1 N–H and O–H groups in total. The summed E-state index contributed by atoms with van der Waals surface area (Å²) < 4.78 is 4.44. The van der Waals surface area contributed by atoms with Crippen molar-refractivity contribution in [2.45, 2.75) is 0 Å². The number of hydrogen-bond donors (Lipinski definition) is 1. The molecule has 1 radical (unpaired) electrons. The average Bonchev–Trinajstić information content (AvgIpc) is 1.41. The van der Waals surface area contributed by atoms with Crippen molar-refractivity contribution in [1.82, 2.24) is 0 Å². The summed E-state index contributed by atoms with van der Waals surface area (Å²) in [5.74, 6) is 0. The zero-order valence-corrected chi connectivity index (χ0v) is 8.59. The van der Waals surface area contributed by atoms with E-state index in [1.165, 1.54) is 0 Å². The Morgan fingerprint density at radius 3 is 2.17 bits per heavy atom. The predicted octanol–water partition coefficient (Wildman–Crippen LogP) is -0.375. The van der Waals surface area contributed by atoms with Crippen LogP contribution in [0, 0.1) is 44.1 Å². The molecule has 0 atom stereocenters. The molecule has 0 saturated heterocycles. The number of ether oxygens (including phenoxy) is 1. The molecule has 0 aromatic heterocycles. The first-order chi connectivity index (χ1) is 2.41. The van der Waals surface area contributed by atoms with Gasteiger partial charge >= 0.3 is 0 Å². The minimum absolute atomic E-state index is 0. The van der Waals surface area contributed by atoms with Crippen LogP contribution >= 0.6 is 0 Å². The van der Waals surface area contributed by atoms with E-state index in [9.17, 15) is 0 Å². The van der Waals surface area contributed by atoms with E-state index in [4.69, 9.17) is 5.11 Å². The molecule has 0 saturated carbocycles. The zero-order valence-electron chi connectivity index (χ0n) is 3.85. The summed E-state index contributed by atoms with van der Waals surface area (Å²) in [6.07, 6.45) is 0. The fourth-order valence-corrected chi connectivity index (χ4v) is 0.0913. The molecule has 0 aliphatic heterocycles. The van der Waals surface area contributed by atoms with E-state index in [0.717, 1.165) is 0 Å². The van der Waals surface area contributed by atoms with Crippen LogP contribution in [0.4, 0.5) is 0 Å². The molecule has 0 spiro atoms. The van der Waals surface area contributed by atoms with E-state index >= 15 is 0 Å². The van der Waals surface area contributed by atoms with Gasteiger partial charge in [-0.3, -0.25) is 0 Å². The van der Waals surface area contributed by atoms with Crippen molar-refractivity contribution in [2.24, 2.45) is 0 Å². The van der Waals surface area contributed by atoms with Crippen LogP contribution in [0.2, 0.25) is 0 Å². The first-order valence-corrected chi connectivity index (χ1v) is 1.51. The van der Waals surface area contributed by atoms with E-state index in [1.807, 2.05) is 0 Å². The van der Waals surface area contributed by atoms with Crippen molar-refractivity contribution in [2.75, 3.05) is 20.3 Å². The van der Waals surface area contributed by atoms with Gasteiger partial charge < -0.3 is 9.84 Å². The summed E-state index contributed by atoms with van der Waals surface area (Å²) in [7, 11) is 1.55. The molecule has 0 aliphatic rings. The number of aliphatic hydroxyl groups is 1. The third-order valence-corrected chi connectivity index (χ3v) is 0.295. The Labute approximate surface area is 73.4 Å². The van der Waals surface area contributed by atoms with Gasteiger partial charge in [0.15, 0.2) is 0 Å². The van der Waals surface area contributed by atoms with Gasteiger partial charge in [-0.15, -0.1) is 0 Å². The summed E-state index contributed by atoms with van der Waals surface area (Å²) in [5.41, 5.74) is 0. The first kappa shape index (κ1) is 10.4. The molecule has 3 heteroatoms. The van der Waals surface area contributed by atoms with Gasteiger partial charge in [0.2, 0.25) is 0 Å². The van der Waals surface area contributed by atoms with Crippen molar-refractivity contribution < 1.29 is 53.9 Å². The molecule has 0 aromatic rings. The van der Waals surface area contributed by atoms with Crippen LogP contribution in [0.1, 0.15) is 0 Å². The summed E-state index contributed by atoms with van der Waals surface area (Å²) in [6.45, 7) is 0.566. The minimum Gasteiger partial charge on any atom is -0.394 e. The Morgan fingerprint density at radius 1 is 1.67 bits per heavy atom. The Kier molecular flexibility index (Phi) is 16.6. The normalized spacial score (nSPS) is 7.00. The van der Waals surface area contributed by atoms with Crippen LogP contribution in [0.3, 0.4) is 0 Å². The summed E-state index contributed by atoms with van der Waals surface area (Å²) in [4.78, 5) is 0. The maximum Gasteiger partial charge on any atom is 0.0693 e. The van der Waals surface area contributed by atoms with Gasteiger partial charge in [0.1, 0.15) is 0 Å². The van der Waals surface area contributed by atoms with Gasteiger partial charge in [-0.25, -0.2) is 0 Å². The van der Waals surface area contributed by atoms with Crippen LogP contribution in [-0.2, 0) is 4.74 Å². The van der Waals surface area contributed by atoms with Crippen molar-refractivity contribution in [3.05, 3.63) is 0 Å². The van der Waals surface area contributed by atoms with Gasteiger partial charge in [-0.2, -0.15) is 0 Å². The van der Waals surface area contributed by atoms with Crippen molar-refractivity contribution in [3.63, 3.8) is 0 Å². The summed E-state index contributed by atoms with van der Waals surface area (Å²) >= 11 is 0. The molecule has 0 bridgehead atoms. The summed E-state index contributed by atoms with van der Waals surface area (Å²) in [5, 5.41) is 7.94. The molecule has 6 heavy (non-hydrogen) atoms. The number of hydrogen-bond acceptors (Lipinski definition) is 2. The van der Waals surface area contributed by atoms with E-state index in [-0.39, 0.29) is 50.7 Å². The Balaban J connectivity index is 0. The largest absolute Gasteiger partial charge is 0.394 e. The number of rotatable bonds is 2. The molecule has 0 unspecified atom stereocenters. The number of methoxy groups -OCH3 is 1. The van der Waals surface area contributed by atoms with Gasteiger partial charge in [-0.05, 0) is 0 Å². The molecule has 35 valence electrons. The van der Waals surface area contributed by atoms with E-state index in [1.54, 1.807) is 7.11 Å². The predicted molar refractivity (Wildman–Crippen MR) is 19.0 cm³/mol. The minimum atomic E-state index is 0. The SMILES string of the molecule is COCCO.[Ac]. The Hall–Kier alpha value is 1.36. The molecule has 2 nitrogen and oxygen atoms in total. The molecule has 0 heterocycles. The quantitative estimate of drug-likeness (QED) is 0.754. The van der Waals surface area contributed by atoms with Gasteiger partial charge in [0, 0.05) is 51.2 Å². The third kappa shape index (κ3) is 9.03. The van der Waals surface area contributed by atoms with E-state index in [2.05, 4.69) is 4.74 Å². The van der Waals surface area contributed by atoms with Crippen LogP contribution in [0.5, 0.6) is 0 Å². The van der Waals surface area contributed by atoms with Crippen LogP contribution in [0.15, 0.2) is 0 Å². The van der Waals surface area contributed by atoms with Gasteiger partial charge in [0.05, 0.1) is 13.2 Å². The molecular weight excluding hydrogens is 295 g/mol. The van der Waals surface area contributed by atoms with Crippen LogP contribution in [-0.4, -0.2) is 25.4 Å². The average molecular weight is 303 g/mol. The maximum atomic E-state index is 7.94. The molecule has 0 aromatic carbocycles. The van der Waals surface area contributed by atoms with Crippen molar-refractivity contribution in [3.8, 4) is 0 Å². The maximum absolute atomic E-state index is 7.94. The Bertz CT molecular complexity index is 16.3. The van der Waals surface area contributed by atoms with Crippen LogP contribution in [0.25, 0.3) is 0 Å². The zero-order chi connectivity index (χ0) is 4.12. The third-order valence-electron chi connectivity index (χ3n) is 0.295. The molecule has 0 amide bonds. The van der Waals surface area contributed by atoms with Crippen molar-refractivity contribution in [1.29, 1.82) is 0 Å². The second-order valence-electron chi connectivity index (χ2n) is 0.716.